The molecule has 4 heterocycles. The summed E-state index contributed by atoms with van der Waals surface area (Å²) in [6.07, 6.45) is 4.82. The van der Waals surface area contributed by atoms with Gasteiger partial charge in [0.1, 0.15) is 5.54 Å². The fourth-order valence-corrected chi connectivity index (χ4v) is 8.80. The number of benzene rings is 4. The van der Waals surface area contributed by atoms with Gasteiger partial charge in [-0.25, -0.2) is 4.98 Å². The van der Waals surface area contributed by atoms with Crippen molar-refractivity contribution in [2.24, 2.45) is 0 Å². The molecule has 0 unspecified atom stereocenters. The van der Waals surface area contributed by atoms with Gasteiger partial charge in [0.25, 0.3) is 11.8 Å². The van der Waals surface area contributed by atoms with Gasteiger partial charge in [-0.15, -0.1) is 22.7 Å². The van der Waals surface area contributed by atoms with Crippen LogP contribution in [0.3, 0.4) is 0 Å². The molecule has 1 aliphatic heterocycles. The Kier molecular flexibility index (Phi) is 9.34. The van der Waals surface area contributed by atoms with E-state index in [0.29, 0.717) is 15.6 Å². The van der Waals surface area contributed by atoms with Crippen molar-refractivity contribution in [1.82, 2.24) is 25.0 Å². The van der Waals surface area contributed by atoms with Crippen LogP contribution >= 0.6 is 22.7 Å². The molecule has 7 aromatic rings. The Hall–Kier alpha value is -5.68. The van der Waals surface area contributed by atoms with Gasteiger partial charge >= 0.3 is 0 Å². The molecule has 52 heavy (non-hydrogen) atoms. The van der Waals surface area contributed by atoms with Gasteiger partial charge < -0.3 is 10.2 Å². The van der Waals surface area contributed by atoms with E-state index in [4.69, 9.17) is 5.10 Å². The third-order valence-electron chi connectivity index (χ3n) is 9.40. The average molecular weight is 721 g/mol. The highest BCUT2D eigenvalue weighted by molar-refractivity contribution is 7.17. The zero-order valence-electron chi connectivity index (χ0n) is 28.5. The maximum Gasteiger partial charge on any atom is 0.261 e. The molecule has 0 saturated heterocycles. The quantitative estimate of drug-likeness (QED) is 0.140. The van der Waals surface area contributed by atoms with E-state index >= 15 is 0 Å². The van der Waals surface area contributed by atoms with Gasteiger partial charge in [-0.3, -0.25) is 19.6 Å². The third kappa shape index (κ3) is 6.59. The van der Waals surface area contributed by atoms with Crippen LogP contribution < -0.4 is 10.6 Å². The molecule has 2 N–H and O–H groups in total. The van der Waals surface area contributed by atoms with Crippen molar-refractivity contribution < 1.29 is 9.59 Å². The number of hydrogen-bond donors (Lipinski definition) is 2. The first-order valence-corrected chi connectivity index (χ1v) is 18.8. The van der Waals surface area contributed by atoms with E-state index in [2.05, 4.69) is 107 Å². The van der Waals surface area contributed by atoms with Crippen LogP contribution in [0.25, 0.3) is 10.4 Å². The minimum absolute atomic E-state index is 0.177. The standard InChI is InChI=1S/C42H36N6O2S2/c1-47-23-22-35-38(28-47)52-41(45-35)46-39(49)30-13-11-12-29(24-30)25-43-40(50)37-21-20-36(51-37)31-26-44-48(27-31)42(32-14-5-2-6-15-32,33-16-7-3-8-17-33)34-18-9-4-10-19-34/h2-21,24,26-27H,22-23,25,28H2,1H3,(H,43,50)(H,45,46,49). The Balaban J connectivity index is 0.992. The predicted molar refractivity (Wildman–Crippen MR) is 208 cm³/mol. The number of amides is 2. The number of hydrogen-bond acceptors (Lipinski definition) is 7. The summed E-state index contributed by atoms with van der Waals surface area (Å²) in [7, 11) is 2.09. The Morgan fingerprint density at radius 3 is 2.13 bits per heavy atom. The summed E-state index contributed by atoms with van der Waals surface area (Å²) in [6, 6.07) is 42.4. The Morgan fingerprint density at radius 2 is 1.46 bits per heavy atom. The molecular weight excluding hydrogens is 685 g/mol. The van der Waals surface area contributed by atoms with Crippen LogP contribution in [-0.4, -0.2) is 45.1 Å². The van der Waals surface area contributed by atoms with Crippen molar-refractivity contribution in [2.75, 3.05) is 18.9 Å². The zero-order chi connectivity index (χ0) is 35.5. The van der Waals surface area contributed by atoms with E-state index in [1.807, 2.05) is 59.4 Å². The lowest BCUT2D eigenvalue weighted by atomic mass is 9.77. The number of carbonyl (C=O) groups excluding carboxylic acids is 2. The topological polar surface area (TPSA) is 92.2 Å². The maximum absolute atomic E-state index is 13.4. The zero-order valence-corrected chi connectivity index (χ0v) is 30.2. The van der Waals surface area contributed by atoms with E-state index < -0.39 is 5.54 Å². The van der Waals surface area contributed by atoms with Crippen molar-refractivity contribution in [1.29, 1.82) is 0 Å². The van der Waals surface area contributed by atoms with Crippen molar-refractivity contribution in [3.05, 3.63) is 183 Å². The van der Waals surface area contributed by atoms with Gasteiger partial charge in [0.15, 0.2) is 5.13 Å². The van der Waals surface area contributed by atoms with E-state index in [0.717, 1.165) is 57.9 Å². The number of anilines is 1. The summed E-state index contributed by atoms with van der Waals surface area (Å²) >= 11 is 2.95. The van der Waals surface area contributed by atoms with E-state index in [9.17, 15) is 9.59 Å². The number of nitrogens with zero attached hydrogens (tertiary/aromatic N) is 4. The minimum Gasteiger partial charge on any atom is -0.347 e. The van der Waals surface area contributed by atoms with Crippen LogP contribution in [0.15, 0.2) is 140 Å². The molecule has 1 aliphatic rings. The lowest BCUT2D eigenvalue weighted by Gasteiger charge is -2.36. The minimum atomic E-state index is -0.721. The lowest BCUT2D eigenvalue weighted by Crippen LogP contribution is -2.38. The second-order valence-corrected chi connectivity index (χ2v) is 15.0. The van der Waals surface area contributed by atoms with Crippen molar-refractivity contribution in [3.8, 4) is 10.4 Å². The summed E-state index contributed by atoms with van der Waals surface area (Å²) < 4.78 is 2.03. The molecule has 0 fully saturated rings. The van der Waals surface area contributed by atoms with Crippen LogP contribution in [0, 0.1) is 0 Å². The number of thiophene rings is 1. The highest BCUT2D eigenvalue weighted by Gasteiger charge is 2.39. The molecule has 8 rings (SSSR count). The first-order chi connectivity index (χ1) is 25.5. The number of fused-ring (bicyclic) bond motifs is 1. The van der Waals surface area contributed by atoms with Gasteiger partial charge in [-0.1, -0.05) is 103 Å². The fraction of sp³-hybridized carbons (Fsp3) is 0.143. The monoisotopic (exact) mass is 720 g/mol. The second-order valence-electron chi connectivity index (χ2n) is 12.9. The van der Waals surface area contributed by atoms with E-state index in [1.165, 1.54) is 27.6 Å². The predicted octanol–water partition coefficient (Wildman–Crippen LogP) is 8.08. The van der Waals surface area contributed by atoms with Gasteiger partial charge in [0.2, 0.25) is 0 Å². The molecule has 0 bridgehead atoms. The van der Waals surface area contributed by atoms with Gasteiger partial charge in [0, 0.05) is 53.1 Å². The maximum atomic E-state index is 13.4. The Labute approximate surface area is 310 Å². The highest BCUT2D eigenvalue weighted by Crippen LogP contribution is 2.41. The third-order valence-corrected chi connectivity index (χ3v) is 11.5. The molecule has 0 spiro atoms. The number of aromatic nitrogens is 3. The summed E-state index contributed by atoms with van der Waals surface area (Å²) in [5.74, 6) is -0.393. The van der Waals surface area contributed by atoms with Crippen LogP contribution in [0.2, 0.25) is 0 Å². The number of likely N-dealkylation sites (N-methyl/N-ethyl adjacent to an activating group) is 1. The largest absolute Gasteiger partial charge is 0.347 e. The first kappa shape index (κ1) is 33.5. The number of nitrogens with one attached hydrogen (secondary N) is 2. The Morgan fingerprint density at radius 1 is 0.788 bits per heavy atom. The molecule has 8 nitrogen and oxygen atoms in total. The number of thiazole rings is 1. The van der Waals surface area contributed by atoms with Crippen molar-refractivity contribution in [3.63, 3.8) is 0 Å². The van der Waals surface area contributed by atoms with Crippen LogP contribution in [-0.2, 0) is 25.0 Å². The molecule has 3 aromatic heterocycles. The summed E-state index contributed by atoms with van der Waals surface area (Å²) in [5.41, 5.74) is 5.88. The lowest BCUT2D eigenvalue weighted by molar-refractivity contribution is 0.0954. The van der Waals surface area contributed by atoms with E-state index in [-0.39, 0.29) is 18.4 Å². The summed E-state index contributed by atoms with van der Waals surface area (Å²) in [4.78, 5) is 36.1. The van der Waals surface area contributed by atoms with Gasteiger partial charge in [0.05, 0.1) is 16.8 Å². The van der Waals surface area contributed by atoms with Crippen molar-refractivity contribution >= 4 is 39.6 Å². The normalized spacial score (nSPS) is 13.0. The van der Waals surface area contributed by atoms with Gasteiger partial charge in [-0.2, -0.15) is 5.10 Å². The van der Waals surface area contributed by atoms with Crippen LogP contribution in [0.1, 0.15) is 52.9 Å². The van der Waals surface area contributed by atoms with E-state index in [1.54, 1.807) is 6.07 Å². The smallest absolute Gasteiger partial charge is 0.261 e. The molecule has 4 aromatic carbocycles. The summed E-state index contributed by atoms with van der Waals surface area (Å²) in [5, 5.41) is 11.6. The fourth-order valence-electron chi connectivity index (χ4n) is 6.82. The molecule has 0 atom stereocenters. The molecule has 0 aliphatic carbocycles. The van der Waals surface area contributed by atoms with Crippen LogP contribution in [0.5, 0.6) is 0 Å². The SMILES string of the molecule is CN1CCc2nc(NC(=O)c3cccc(CNC(=O)c4ccc(-c5cnn(C(c6ccccc6)(c6ccccc6)c6ccccc6)c5)s4)c3)sc2C1. The van der Waals surface area contributed by atoms with Crippen LogP contribution in [0.4, 0.5) is 5.13 Å². The number of carbonyl (C=O) groups is 2. The molecule has 2 amide bonds. The molecule has 0 saturated carbocycles. The Bertz CT molecular complexity index is 2240. The number of rotatable bonds is 10. The molecule has 0 radical (unpaired) electrons. The van der Waals surface area contributed by atoms with Gasteiger partial charge in [-0.05, 0) is 53.6 Å². The average Bonchev–Trinajstić information content (AvgIpc) is 3.96. The molecule has 258 valence electrons. The highest BCUT2D eigenvalue weighted by atomic mass is 32.1. The first-order valence-electron chi connectivity index (χ1n) is 17.1. The summed E-state index contributed by atoms with van der Waals surface area (Å²) in [6.45, 7) is 2.11. The second kappa shape index (κ2) is 14.5. The van der Waals surface area contributed by atoms with Crippen molar-refractivity contribution in [2.45, 2.75) is 25.0 Å². The molecule has 10 heteroatoms. The molecular formula is C42H36N6O2S2.